The number of benzene rings is 1. The molecule has 7 nitrogen and oxygen atoms in total. The molecule has 0 aliphatic heterocycles. The normalized spacial score (nSPS) is 11.8. The van der Waals surface area contributed by atoms with Crippen molar-refractivity contribution >= 4 is 35.8 Å². The topological polar surface area (TPSA) is 84.0 Å². The molecule has 0 bridgehead atoms. The van der Waals surface area contributed by atoms with Gasteiger partial charge in [-0.15, -0.1) is 24.0 Å². The number of rotatable bonds is 10. The SMILES string of the molecule is CCNC(=O)COc1ccc(CN=C(NCC)NC(C)CC)cc1OC.I. The van der Waals surface area contributed by atoms with Crippen LogP contribution in [0.3, 0.4) is 0 Å². The quantitative estimate of drug-likeness (QED) is 0.266. The third kappa shape index (κ3) is 9.69. The van der Waals surface area contributed by atoms with Gasteiger partial charge in [-0.25, -0.2) is 4.99 Å². The van der Waals surface area contributed by atoms with Crippen LogP contribution in [0.4, 0.5) is 0 Å². The second-order valence-electron chi connectivity index (χ2n) is 5.88. The minimum Gasteiger partial charge on any atom is -0.493 e. The predicted molar refractivity (Wildman–Crippen MR) is 120 cm³/mol. The van der Waals surface area contributed by atoms with Crippen LogP contribution in [-0.2, 0) is 11.3 Å². The van der Waals surface area contributed by atoms with Crippen molar-refractivity contribution in [1.82, 2.24) is 16.0 Å². The van der Waals surface area contributed by atoms with Gasteiger partial charge in [-0.05, 0) is 44.9 Å². The Morgan fingerprint density at radius 1 is 1.15 bits per heavy atom. The Bertz CT molecular complexity index is 596. The van der Waals surface area contributed by atoms with E-state index in [-0.39, 0.29) is 36.5 Å². The molecule has 154 valence electrons. The summed E-state index contributed by atoms with van der Waals surface area (Å²) in [6.45, 7) is 10.0. The van der Waals surface area contributed by atoms with Crippen LogP contribution in [0, 0.1) is 0 Å². The molecule has 0 fully saturated rings. The fourth-order valence-electron chi connectivity index (χ4n) is 2.15. The second-order valence-corrected chi connectivity index (χ2v) is 5.88. The lowest BCUT2D eigenvalue weighted by Crippen LogP contribution is -2.41. The summed E-state index contributed by atoms with van der Waals surface area (Å²) in [7, 11) is 1.58. The first-order chi connectivity index (χ1) is 12.5. The Morgan fingerprint density at radius 2 is 1.85 bits per heavy atom. The molecule has 0 saturated heterocycles. The summed E-state index contributed by atoms with van der Waals surface area (Å²) in [5, 5.41) is 9.30. The highest BCUT2D eigenvalue weighted by molar-refractivity contribution is 14.0. The Labute approximate surface area is 179 Å². The molecule has 1 amide bonds. The average Bonchev–Trinajstić information content (AvgIpc) is 2.64. The zero-order valence-corrected chi connectivity index (χ0v) is 19.3. The summed E-state index contributed by atoms with van der Waals surface area (Å²) < 4.78 is 10.9. The van der Waals surface area contributed by atoms with Gasteiger partial charge in [0, 0.05) is 19.1 Å². The molecule has 1 atom stereocenters. The number of carbonyl (C=O) groups excluding carboxylic acids is 1. The molecule has 0 aromatic heterocycles. The van der Waals surface area contributed by atoms with Crippen LogP contribution >= 0.6 is 24.0 Å². The fourth-order valence-corrected chi connectivity index (χ4v) is 2.15. The molecule has 1 aromatic carbocycles. The Kier molecular flexibility index (Phi) is 13.5. The average molecular weight is 492 g/mol. The third-order valence-corrected chi connectivity index (χ3v) is 3.72. The molecule has 1 rings (SSSR count). The van der Waals surface area contributed by atoms with Gasteiger partial charge < -0.3 is 25.4 Å². The smallest absolute Gasteiger partial charge is 0.257 e. The predicted octanol–water partition coefficient (Wildman–Crippen LogP) is 2.68. The lowest BCUT2D eigenvalue weighted by molar-refractivity contribution is -0.123. The van der Waals surface area contributed by atoms with Crippen molar-refractivity contribution in [3.05, 3.63) is 23.8 Å². The Balaban J connectivity index is 0.00000676. The minimum absolute atomic E-state index is 0. The van der Waals surface area contributed by atoms with Crippen molar-refractivity contribution in [3.8, 4) is 11.5 Å². The maximum atomic E-state index is 11.5. The molecular weight excluding hydrogens is 459 g/mol. The van der Waals surface area contributed by atoms with E-state index in [1.807, 2.05) is 26.0 Å². The monoisotopic (exact) mass is 492 g/mol. The number of ether oxygens (including phenoxy) is 2. The summed E-state index contributed by atoms with van der Waals surface area (Å²) in [5.41, 5.74) is 0.994. The number of likely N-dealkylation sites (N-methyl/N-ethyl adjacent to an activating group) is 1. The van der Waals surface area contributed by atoms with Crippen LogP contribution in [-0.4, -0.2) is 44.7 Å². The van der Waals surface area contributed by atoms with E-state index in [9.17, 15) is 4.79 Å². The number of methoxy groups -OCH3 is 1. The first-order valence-corrected chi connectivity index (χ1v) is 9.15. The van der Waals surface area contributed by atoms with Crippen LogP contribution in [0.1, 0.15) is 39.7 Å². The molecular formula is C19H33IN4O3. The number of hydrogen-bond acceptors (Lipinski definition) is 4. The van der Waals surface area contributed by atoms with Crippen molar-refractivity contribution in [3.63, 3.8) is 0 Å². The molecule has 0 radical (unpaired) electrons. The molecule has 0 aliphatic rings. The maximum absolute atomic E-state index is 11.5. The van der Waals surface area contributed by atoms with Gasteiger partial charge in [-0.2, -0.15) is 0 Å². The summed E-state index contributed by atoms with van der Waals surface area (Å²) in [4.78, 5) is 16.1. The molecule has 0 spiro atoms. The number of aliphatic imine (C=N–C) groups is 1. The van der Waals surface area contributed by atoms with E-state index in [1.54, 1.807) is 13.2 Å². The van der Waals surface area contributed by atoms with E-state index in [4.69, 9.17) is 9.47 Å². The molecule has 3 N–H and O–H groups in total. The number of nitrogens with one attached hydrogen (secondary N) is 3. The number of halogens is 1. The third-order valence-electron chi connectivity index (χ3n) is 3.72. The number of guanidine groups is 1. The Morgan fingerprint density at radius 3 is 2.44 bits per heavy atom. The highest BCUT2D eigenvalue weighted by Gasteiger charge is 2.09. The zero-order valence-electron chi connectivity index (χ0n) is 16.9. The lowest BCUT2D eigenvalue weighted by Gasteiger charge is -2.16. The van der Waals surface area contributed by atoms with E-state index in [0.717, 1.165) is 24.5 Å². The largest absolute Gasteiger partial charge is 0.493 e. The zero-order chi connectivity index (χ0) is 19.4. The first-order valence-electron chi connectivity index (χ1n) is 9.15. The second kappa shape index (κ2) is 14.4. The number of carbonyl (C=O) groups is 1. The van der Waals surface area contributed by atoms with Crippen molar-refractivity contribution < 1.29 is 14.3 Å². The highest BCUT2D eigenvalue weighted by Crippen LogP contribution is 2.28. The summed E-state index contributed by atoms with van der Waals surface area (Å²) in [5.74, 6) is 1.75. The van der Waals surface area contributed by atoms with Crippen LogP contribution in [0.15, 0.2) is 23.2 Å². The summed E-state index contributed by atoms with van der Waals surface area (Å²) in [6.07, 6.45) is 1.02. The molecule has 0 heterocycles. The Hall–Kier alpha value is -1.71. The van der Waals surface area contributed by atoms with Crippen LogP contribution in [0.2, 0.25) is 0 Å². The van der Waals surface area contributed by atoms with Gasteiger partial charge in [-0.1, -0.05) is 13.0 Å². The maximum Gasteiger partial charge on any atom is 0.257 e. The first kappa shape index (κ1) is 25.3. The van der Waals surface area contributed by atoms with Crippen molar-refractivity contribution in [1.29, 1.82) is 0 Å². The van der Waals surface area contributed by atoms with Crippen LogP contribution in [0.25, 0.3) is 0 Å². The summed E-state index contributed by atoms with van der Waals surface area (Å²) >= 11 is 0. The fraction of sp³-hybridized carbons (Fsp3) is 0.579. The standard InChI is InChI=1S/C19H32N4O3.HI/c1-6-14(4)23-19(21-8-3)22-12-15-9-10-16(17(11-15)25-5)26-13-18(24)20-7-2;/h9-11,14H,6-8,12-13H2,1-5H3,(H,20,24)(H2,21,22,23);1H. The number of amides is 1. The minimum atomic E-state index is -0.158. The van der Waals surface area contributed by atoms with Gasteiger partial charge in [0.25, 0.3) is 5.91 Å². The van der Waals surface area contributed by atoms with Gasteiger partial charge in [0.1, 0.15) is 0 Å². The molecule has 1 unspecified atom stereocenters. The highest BCUT2D eigenvalue weighted by atomic mass is 127. The van der Waals surface area contributed by atoms with Gasteiger partial charge in [0.2, 0.25) is 0 Å². The van der Waals surface area contributed by atoms with Crippen molar-refractivity contribution in [2.45, 2.75) is 46.7 Å². The van der Waals surface area contributed by atoms with Crippen LogP contribution < -0.4 is 25.4 Å². The van der Waals surface area contributed by atoms with Gasteiger partial charge in [0.15, 0.2) is 24.1 Å². The lowest BCUT2D eigenvalue weighted by atomic mass is 10.2. The molecule has 27 heavy (non-hydrogen) atoms. The van der Waals surface area contributed by atoms with Crippen molar-refractivity contribution in [2.75, 3.05) is 26.8 Å². The summed E-state index contributed by atoms with van der Waals surface area (Å²) in [6, 6.07) is 5.96. The van der Waals surface area contributed by atoms with Gasteiger partial charge in [-0.3, -0.25) is 4.79 Å². The van der Waals surface area contributed by atoms with Crippen molar-refractivity contribution in [2.24, 2.45) is 4.99 Å². The molecule has 0 saturated carbocycles. The van der Waals surface area contributed by atoms with Gasteiger partial charge in [0.05, 0.1) is 13.7 Å². The molecule has 1 aromatic rings. The van der Waals surface area contributed by atoms with E-state index in [2.05, 4.69) is 34.8 Å². The van der Waals surface area contributed by atoms with E-state index in [0.29, 0.717) is 30.6 Å². The number of nitrogens with zero attached hydrogens (tertiary/aromatic N) is 1. The number of hydrogen-bond donors (Lipinski definition) is 3. The van der Waals surface area contributed by atoms with Crippen LogP contribution in [0.5, 0.6) is 11.5 Å². The van der Waals surface area contributed by atoms with E-state index < -0.39 is 0 Å². The molecule has 8 heteroatoms. The van der Waals surface area contributed by atoms with E-state index >= 15 is 0 Å². The van der Waals surface area contributed by atoms with Gasteiger partial charge >= 0.3 is 0 Å². The molecule has 0 aliphatic carbocycles. The van der Waals surface area contributed by atoms with E-state index in [1.165, 1.54) is 0 Å².